The number of carbonyl (C=O) groups excluding carboxylic acids is 1. The molecule has 1 amide bonds. The number of hydrogen-bond donors (Lipinski definition) is 1. The summed E-state index contributed by atoms with van der Waals surface area (Å²) in [5.41, 5.74) is 1.59. The summed E-state index contributed by atoms with van der Waals surface area (Å²) in [6.45, 7) is 3.44. The maximum absolute atomic E-state index is 12.8. The Morgan fingerprint density at radius 3 is 2.38 bits per heavy atom. The summed E-state index contributed by atoms with van der Waals surface area (Å²) in [5.74, 6) is 1.53. The number of ether oxygens (including phenoxy) is 1. The van der Waals surface area contributed by atoms with Crippen LogP contribution in [0.25, 0.3) is 5.69 Å². The van der Waals surface area contributed by atoms with Gasteiger partial charge in [-0.05, 0) is 55.7 Å². The highest BCUT2D eigenvalue weighted by Crippen LogP contribution is 2.23. The molecule has 7 heteroatoms. The summed E-state index contributed by atoms with van der Waals surface area (Å²) in [6, 6.07) is 20.5. The van der Waals surface area contributed by atoms with E-state index in [0.29, 0.717) is 18.8 Å². The minimum Gasteiger partial charge on any atom is -0.497 e. The summed E-state index contributed by atoms with van der Waals surface area (Å²) in [4.78, 5) is 27.3. The van der Waals surface area contributed by atoms with Crippen molar-refractivity contribution in [2.45, 2.75) is 25.8 Å². The van der Waals surface area contributed by atoms with E-state index in [4.69, 9.17) is 4.74 Å². The molecule has 0 saturated carbocycles. The second-order valence-corrected chi connectivity index (χ2v) is 8.04. The van der Waals surface area contributed by atoms with Gasteiger partial charge in [0.2, 0.25) is 5.91 Å². The number of piperidine rings is 1. The molecule has 0 radical (unpaired) electrons. The van der Waals surface area contributed by atoms with Crippen molar-refractivity contribution in [2.75, 3.05) is 25.1 Å². The Balaban J connectivity index is 1.39. The molecule has 1 N–H and O–H groups in total. The predicted octanol–water partition coefficient (Wildman–Crippen LogP) is 3.33. The van der Waals surface area contributed by atoms with Crippen LogP contribution in [0.2, 0.25) is 0 Å². The molecule has 4 rings (SSSR count). The largest absolute Gasteiger partial charge is 0.497 e. The number of carbonyl (C=O) groups is 1. The Bertz CT molecular complexity index is 1100. The normalized spacial score (nSPS) is 15.2. The Morgan fingerprint density at radius 2 is 1.72 bits per heavy atom. The third-order valence-corrected chi connectivity index (χ3v) is 5.95. The van der Waals surface area contributed by atoms with E-state index < -0.39 is 0 Å². The first-order valence-corrected chi connectivity index (χ1v) is 10.9. The number of benzene rings is 2. The zero-order chi connectivity index (χ0) is 22.5. The van der Waals surface area contributed by atoms with E-state index in [1.807, 2.05) is 49.4 Å². The monoisotopic (exact) mass is 432 g/mol. The lowest BCUT2D eigenvalue weighted by Crippen LogP contribution is -2.42. The summed E-state index contributed by atoms with van der Waals surface area (Å²) in [7, 11) is 1.60. The zero-order valence-electron chi connectivity index (χ0n) is 18.4. The van der Waals surface area contributed by atoms with E-state index >= 15 is 0 Å². The molecular formula is C25H28N4O3. The first kappa shape index (κ1) is 21.6. The van der Waals surface area contributed by atoms with Crippen molar-refractivity contribution >= 4 is 11.7 Å². The third kappa shape index (κ3) is 4.82. The minimum absolute atomic E-state index is 0.0172. The molecule has 1 saturated heterocycles. The van der Waals surface area contributed by atoms with Crippen molar-refractivity contribution in [3.05, 3.63) is 82.6 Å². The molecule has 1 fully saturated rings. The number of nitrogens with one attached hydrogen (secondary N) is 1. The number of aromatic nitrogens is 2. The van der Waals surface area contributed by atoms with Gasteiger partial charge in [0.05, 0.1) is 18.8 Å². The summed E-state index contributed by atoms with van der Waals surface area (Å²) in [5, 5.41) is 7.71. The van der Waals surface area contributed by atoms with Crippen LogP contribution in [-0.4, -0.2) is 35.9 Å². The smallest absolute Gasteiger partial charge is 0.271 e. The molecule has 7 nitrogen and oxygen atoms in total. The van der Waals surface area contributed by atoms with Crippen LogP contribution in [0.3, 0.4) is 0 Å². The standard InChI is InChI=1S/C25H28N4O3/c1-18(19-6-4-3-5-7-19)26-25(31)20-14-16-28(17-15-20)23-12-13-24(30)29(27-23)21-8-10-22(32-2)11-9-21/h3-13,18,20H,14-17H2,1-2H3,(H,26,31)/t18-/m1/s1. The molecule has 0 aliphatic carbocycles. The van der Waals surface area contributed by atoms with Gasteiger partial charge in [-0.25, -0.2) is 0 Å². The third-order valence-electron chi connectivity index (χ3n) is 5.95. The number of methoxy groups -OCH3 is 1. The second-order valence-electron chi connectivity index (χ2n) is 8.04. The van der Waals surface area contributed by atoms with Crippen molar-refractivity contribution in [3.63, 3.8) is 0 Å². The molecule has 1 aliphatic rings. The van der Waals surface area contributed by atoms with Crippen LogP contribution in [-0.2, 0) is 4.79 Å². The molecule has 0 spiro atoms. The topological polar surface area (TPSA) is 76.5 Å². The van der Waals surface area contributed by atoms with Gasteiger partial charge in [0.1, 0.15) is 11.6 Å². The van der Waals surface area contributed by atoms with Crippen molar-refractivity contribution in [1.29, 1.82) is 0 Å². The Labute approximate surface area is 187 Å². The highest BCUT2D eigenvalue weighted by molar-refractivity contribution is 5.79. The van der Waals surface area contributed by atoms with Crippen molar-refractivity contribution in [1.82, 2.24) is 15.1 Å². The fourth-order valence-electron chi connectivity index (χ4n) is 4.01. The number of amides is 1. The van der Waals surface area contributed by atoms with E-state index in [9.17, 15) is 9.59 Å². The average Bonchev–Trinajstić information content (AvgIpc) is 2.85. The number of anilines is 1. The molecule has 1 aromatic heterocycles. The van der Waals surface area contributed by atoms with E-state index in [-0.39, 0.29) is 23.4 Å². The van der Waals surface area contributed by atoms with Gasteiger partial charge < -0.3 is 15.0 Å². The van der Waals surface area contributed by atoms with Crippen LogP contribution >= 0.6 is 0 Å². The minimum atomic E-state index is -0.192. The Hall–Kier alpha value is -3.61. The molecule has 3 aromatic rings. The molecule has 2 heterocycles. The molecule has 0 unspecified atom stereocenters. The van der Waals surface area contributed by atoms with E-state index in [2.05, 4.69) is 15.3 Å². The SMILES string of the molecule is COc1ccc(-n2nc(N3CCC(C(=O)N[C@H](C)c4ccccc4)CC3)ccc2=O)cc1. The Kier molecular flexibility index (Phi) is 6.54. The fourth-order valence-corrected chi connectivity index (χ4v) is 4.01. The van der Waals surface area contributed by atoms with Crippen LogP contribution in [0.15, 0.2) is 71.5 Å². The van der Waals surface area contributed by atoms with Crippen LogP contribution in [0.4, 0.5) is 5.82 Å². The van der Waals surface area contributed by atoms with E-state index in [1.54, 1.807) is 25.3 Å². The number of hydrogen-bond acceptors (Lipinski definition) is 5. The van der Waals surface area contributed by atoms with Crippen molar-refractivity contribution in [3.8, 4) is 11.4 Å². The summed E-state index contributed by atoms with van der Waals surface area (Å²) < 4.78 is 6.58. The van der Waals surface area contributed by atoms with Gasteiger partial charge in [-0.2, -0.15) is 4.68 Å². The number of rotatable bonds is 6. The molecule has 0 bridgehead atoms. The Morgan fingerprint density at radius 1 is 1.03 bits per heavy atom. The maximum atomic E-state index is 12.8. The van der Waals surface area contributed by atoms with E-state index in [0.717, 1.165) is 30.0 Å². The number of nitrogens with zero attached hydrogens (tertiary/aromatic N) is 3. The van der Waals surface area contributed by atoms with Crippen molar-refractivity contribution in [2.24, 2.45) is 5.92 Å². The zero-order valence-corrected chi connectivity index (χ0v) is 18.4. The average molecular weight is 433 g/mol. The molecule has 166 valence electrons. The second kappa shape index (κ2) is 9.68. The fraction of sp³-hybridized carbons (Fsp3) is 0.320. The predicted molar refractivity (Wildman–Crippen MR) is 124 cm³/mol. The highest BCUT2D eigenvalue weighted by Gasteiger charge is 2.27. The summed E-state index contributed by atoms with van der Waals surface area (Å²) in [6.07, 6.45) is 1.49. The quantitative estimate of drug-likeness (QED) is 0.647. The van der Waals surface area contributed by atoms with Gasteiger partial charge in [0.25, 0.3) is 5.56 Å². The van der Waals surface area contributed by atoms with Gasteiger partial charge in [-0.3, -0.25) is 9.59 Å². The van der Waals surface area contributed by atoms with Crippen LogP contribution < -0.4 is 20.5 Å². The van der Waals surface area contributed by atoms with Crippen LogP contribution in [0.1, 0.15) is 31.4 Å². The van der Waals surface area contributed by atoms with E-state index in [1.165, 1.54) is 10.7 Å². The lowest BCUT2D eigenvalue weighted by atomic mass is 9.95. The van der Waals surface area contributed by atoms with Gasteiger partial charge in [0, 0.05) is 25.1 Å². The highest BCUT2D eigenvalue weighted by atomic mass is 16.5. The lowest BCUT2D eigenvalue weighted by molar-refractivity contribution is -0.126. The summed E-state index contributed by atoms with van der Waals surface area (Å²) >= 11 is 0. The van der Waals surface area contributed by atoms with Crippen LogP contribution in [0, 0.1) is 5.92 Å². The molecule has 1 aliphatic heterocycles. The van der Waals surface area contributed by atoms with Gasteiger partial charge in [-0.15, -0.1) is 5.10 Å². The molecule has 1 atom stereocenters. The molecule has 2 aromatic carbocycles. The van der Waals surface area contributed by atoms with Gasteiger partial charge in [-0.1, -0.05) is 30.3 Å². The molecule has 32 heavy (non-hydrogen) atoms. The van der Waals surface area contributed by atoms with Crippen molar-refractivity contribution < 1.29 is 9.53 Å². The van der Waals surface area contributed by atoms with Crippen LogP contribution in [0.5, 0.6) is 5.75 Å². The maximum Gasteiger partial charge on any atom is 0.271 e. The van der Waals surface area contributed by atoms with Gasteiger partial charge in [0.15, 0.2) is 0 Å². The lowest BCUT2D eigenvalue weighted by Gasteiger charge is -2.32. The molecular weight excluding hydrogens is 404 g/mol. The first-order valence-electron chi connectivity index (χ1n) is 10.9. The van der Waals surface area contributed by atoms with Gasteiger partial charge >= 0.3 is 0 Å². The first-order chi connectivity index (χ1) is 15.5.